The van der Waals surface area contributed by atoms with Gasteiger partial charge in [-0.05, 0) is 13.8 Å². The second-order valence-electron chi connectivity index (χ2n) is 5.72. The van der Waals surface area contributed by atoms with Crippen molar-refractivity contribution in [2.24, 2.45) is 0 Å². The van der Waals surface area contributed by atoms with Gasteiger partial charge in [-0.2, -0.15) is 9.50 Å². The molecule has 0 atom stereocenters. The molecule has 1 amide bonds. The van der Waals surface area contributed by atoms with Crippen molar-refractivity contribution in [2.45, 2.75) is 13.8 Å². The molecule has 4 rings (SSSR count). The molecule has 2 N–H and O–H groups in total. The first-order valence-corrected chi connectivity index (χ1v) is 7.82. The molecular weight excluding hydrogens is 336 g/mol. The molecule has 9 nitrogen and oxygen atoms in total. The standard InChI is InChI=1S/C17H14N6O3/c1-9-14(16(25)23-17(18-9)19-10(2)21-23)20-15(24)13-8-12(22-26-13)11-6-4-3-5-7-11/h3-8H,1-2H3,(H,20,24)(H,18,19,21). The van der Waals surface area contributed by atoms with E-state index in [1.807, 2.05) is 30.3 Å². The zero-order chi connectivity index (χ0) is 18.3. The van der Waals surface area contributed by atoms with E-state index in [9.17, 15) is 9.59 Å². The lowest BCUT2D eigenvalue weighted by atomic mass is 10.1. The van der Waals surface area contributed by atoms with Gasteiger partial charge in [0.2, 0.25) is 5.76 Å². The lowest BCUT2D eigenvalue weighted by molar-refractivity contribution is 0.0987. The SMILES string of the molecule is Cc1nc2nc(C)c(NC(=O)c3cc(-c4ccccc4)no3)c(=O)n2[nH]1. The zero-order valence-corrected chi connectivity index (χ0v) is 14.0. The van der Waals surface area contributed by atoms with E-state index in [1.54, 1.807) is 13.8 Å². The third-order valence-electron chi connectivity index (χ3n) is 3.83. The highest BCUT2D eigenvalue weighted by molar-refractivity contribution is 6.02. The molecule has 0 fully saturated rings. The number of aromatic nitrogens is 5. The molecule has 1 aromatic carbocycles. The quantitative estimate of drug-likeness (QED) is 0.583. The number of aromatic amines is 1. The average Bonchev–Trinajstić information content (AvgIpc) is 3.26. The van der Waals surface area contributed by atoms with Crippen LogP contribution in [0.25, 0.3) is 17.0 Å². The number of nitrogens with one attached hydrogen (secondary N) is 2. The number of H-pyrrole nitrogens is 1. The molecule has 0 spiro atoms. The van der Waals surface area contributed by atoms with Gasteiger partial charge in [-0.15, -0.1) is 0 Å². The van der Waals surface area contributed by atoms with Gasteiger partial charge >= 0.3 is 0 Å². The summed E-state index contributed by atoms with van der Waals surface area (Å²) in [7, 11) is 0. The van der Waals surface area contributed by atoms with Crippen LogP contribution in [0.4, 0.5) is 5.69 Å². The van der Waals surface area contributed by atoms with Crippen molar-refractivity contribution in [1.29, 1.82) is 0 Å². The van der Waals surface area contributed by atoms with Crippen LogP contribution in [0.3, 0.4) is 0 Å². The van der Waals surface area contributed by atoms with Crippen LogP contribution >= 0.6 is 0 Å². The molecule has 4 aromatic rings. The third kappa shape index (κ3) is 2.65. The summed E-state index contributed by atoms with van der Waals surface area (Å²) in [6.45, 7) is 3.33. The number of carbonyl (C=O) groups excluding carboxylic acids is 1. The Morgan fingerprint density at radius 2 is 1.96 bits per heavy atom. The van der Waals surface area contributed by atoms with Gasteiger partial charge in [0, 0.05) is 11.6 Å². The minimum absolute atomic E-state index is 0.00598. The fourth-order valence-corrected chi connectivity index (χ4v) is 2.57. The van der Waals surface area contributed by atoms with Crippen molar-refractivity contribution in [3.8, 4) is 11.3 Å². The summed E-state index contributed by atoms with van der Waals surface area (Å²) in [6, 6.07) is 10.8. The van der Waals surface area contributed by atoms with Gasteiger partial charge in [-0.3, -0.25) is 14.7 Å². The van der Waals surface area contributed by atoms with Crippen molar-refractivity contribution >= 4 is 17.4 Å². The molecule has 0 aliphatic heterocycles. The first-order chi connectivity index (χ1) is 12.5. The van der Waals surface area contributed by atoms with Crippen LogP contribution in [-0.4, -0.2) is 30.6 Å². The molecule has 0 bridgehead atoms. The van der Waals surface area contributed by atoms with E-state index < -0.39 is 11.5 Å². The Kier molecular flexibility index (Phi) is 3.61. The highest BCUT2D eigenvalue weighted by Crippen LogP contribution is 2.19. The highest BCUT2D eigenvalue weighted by atomic mass is 16.5. The number of hydrogen-bond acceptors (Lipinski definition) is 6. The predicted octanol–water partition coefficient (Wildman–Crippen LogP) is 1.94. The number of nitrogens with zero attached hydrogens (tertiary/aromatic N) is 4. The number of carbonyl (C=O) groups is 1. The summed E-state index contributed by atoms with van der Waals surface area (Å²) in [5, 5.41) is 9.22. The third-order valence-corrected chi connectivity index (χ3v) is 3.83. The number of hydrogen-bond donors (Lipinski definition) is 2. The van der Waals surface area contributed by atoms with Gasteiger partial charge in [0.1, 0.15) is 17.2 Å². The smallest absolute Gasteiger partial charge is 0.298 e. The van der Waals surface area contributed by atoms with E-state index >= 15 is 0 Å². The molecule has 0 saturated carbocycles. The number of rotatable bonds is 3. The highest BCUT2D eigenvalue weighted by Gasteiger charge is 2.19. The van der Waals surface area contributed by atoms with Crippen molar-refractivity contribution in [3.63, 3.8) is 0 Å². The molecule has 130 valence electrons. The molecule has 0 saturated heterocycles. The number of benzene rings is 1. The van der Waals surface area contributed by atoms with E-state index in [4.69, 9.17) is 4.52 Å². The molecule has 0 aliphatic rings. The Morgan fingerprint density at radius 3 is 2.73 bits per heavy atom. The molecule has 3 heterocycles. The molecule has 0 radical (unpaired) electrons. The van der Waals surface area contributed by atoms with Gasteiger partial charge in [-0.1, -0.05) is 35.5 Å². The molecule has 26 heavy (non-hydrogen) atoms. The number of aryl methyl sites for hydroxylation is 2. The van der Waals surface area contributed by atoms with E-state index in [0.29, 0.717) is 17.2 Å². The van der Waals surface area contributed by atoms with Gasteiger partial charge < -0.3 is 9.84 Å². The summed E-state index contributed by atoms with van der Waals surface area (Å²) >= 11 is 0. The summed E-state index contributed by atoms with van der Waals surface area (Å²) in [6.07, 6.45) is 0. The largest absolute Gasteiger partial charge is 0.350 e. The van der Waals surface area contributed by atoms with Crippen LogP contribution in [0.5, 0.6) is 0 Å². The molecule has 3 aromatic heterocycles. The summed E-state index contributed by atoms with van der Waals surface area (Å²) in [4.78, 5) is 33.3. The first kappa shape index (κ1) is 15.8. The first-order valence-electron chi connectivity index (χ1n) is 7.82. The predicted molar refractivity (Wildman–Crippen MR) is 93.0 cm³/mol. The maximum Gasteiger partial charge on any atom is 0.298 e. The normalized spacial score (nSPS) is 11.0. The Bertz CT molecular complexity index is 1170. The van der Waals surface area contributed by atoms with E-state index in [2.05, 4.69) is 25.5 Å². The van der Waals surface area contributed by atoms with E-state index in [1.165, 1.54) is 10.6 Å². The maximum absolute atomic E-state index is 12.5. The Hall–Kier alpha value is -3.75. The average molecular weight is 350 g/mol. The summed E-state index contributed by atoms with van der Waals surface area (Å²) < 4.78 is 6.29. The second kappa shape index (κ2) is 5.96. The summed E-state index contributed by atoms with van der Waals surface area (Å²) in [5.41, 5.74) is 1.31. The maximum atomic E-state index is 12.5. The Balaban J connectivity index is 1.66. The van der Waals surface area contributed by atoms with Crippen LogP contribution in [0.2, 0.25) is 0 Å². The van der Waals surface area contributed by atoms with Crippen LogP contribution < -0.4 is 10.9 Å². The zero-order valence-electron chi connectivity index (χ0n) is 14.0. The minimum Gasteiger partial charge on any atom is -0.350 e. The monoisotopic (exact) mass is 350 g/mol. The van der Waals surface area contributed by atoms with Crippen molar-refractivity contribution < 1.29 is 9.32 Å². The molecule has 0 aliphatic carbocycles. The lowest BCUT2D eigenvalue weighted by Crippen LogP contribution is -2.25. The van der Waals surface area contributed by atoms with Crippen LogP contribution in [0.15, 0.2) is 45.7 Å². The van der Waals surface area contributed by atoms with E-state index in [-0.39, 0.29) is 17.2 Å². The minimum atomic E-state index is -0.585. The Morgan fingerprint density at radius 1 is 1.19 bits per heavy atom. The van der Waals surface area contributed by atoms with Crippen molar-refractivity contribution in [1.82, 2.24) is 24.7 Å². The molecule has 0 unspecified atom stereocenters. The van der Waals surface area contributed by atoms with Gasteiger partial charge in [-0.25, -0.2) is 4.98 Å². The molecular formula is C17H14N6O3. The lowest BCUT2D eigenvalue weighted by Gasteiger charge is -2.05. The topological polar surface area (TPSA) is 118 Å². The van der Waals surface area contributed by atoms with Gasteiger partial charge in [0.15, 0.2) is 0 Å². The van der Waals surface area contributed by atoms with Crippen LogP contribution in [0, 0.1) is 13.8 Å². The Labute approximate surface area is 146 Å². The number of amides is 1. The number of fused-ring (bicyclic) bond motifs is 1. The van der Waals surface area contributed by atoms with Crippen LogP contribution in [0.1, 0.15) is 22.1 Å². The number of anilines is 1. The summed E-state index contributed by atoms with van der Waals surface area (Å²) in [5.74, 6) is 0.195. The van der Waals surface area contributed by atoms with Crippen molar-refractivity contribution in [3.05, 3.63) is 64.0 Å². The van der Waals surface area contributed by atoms with Crippen LogP contribution in [-0.2, 0) is 0 Å². The van der Waals surface area contributed by atoms with Gasteiger partial charge in [0.25, 0.3) is 17.2 Å². The molecule has 9 heteroatoms. The van der Waals surface area contributed by atoms with Gasteiger partial charge in [0.05, 0.1) is 5.69 Å². The van der Waals surface area contributed by atoms with Crippen molar-refractivity contribution in [2.75, 3.05) is 5.32 Å². The fraction of sp³-hybridized carbons (Fsp3) is 0.118. The van der Waals surface area contributed by atoms with E-state index in [0.717, 1.165) is 5.56 Å². The second-order valence-corrected chi connectivity index (χ2v) is 5.72. The fourth-order valence-electron chi connectivity index (χ4n) is 2.57.